The summed E-state index contributed by atoms with van der Waals surface area (Å²) >= 11 is 5.24. The van der Waals surface area contributed by atoms with Gasteiger partial charge in [-0.25, -0.2) is 0 Å². The van der Waals surface area contributed by atoms with Gasteiger partial charge >= 0.3 is 0 Å². The number of Topliss-reactive ketones (excluding diaryl/α,β-unsaturated/α-hetero) is 1. The van der Waals surface area contributed by atoms with E-state index in [0.717, 1.165) is 22.3 Å². The van der Waals surface area contributed by atoms with Crippen molar-refractivity contribution in [2.45, 2.75) is 32.4 Å². The van der Waals surface area contributed by atoms with Crippen LogP contribution in [0.3, 0.4) is 0 Å². The summed E-state index contributed by atoms with van der Waals surface area (Å²) in [6.07, 6.45) is 2.43. The molecule has 0 aliphatic heterocycles. The largest absolute Gasteiger partial charge is 0.364 e. The molecule has 0 radical (unpaired) electrons. The molecule has 2 nitrogen and oxygen atoms in total. The number of nitrogens with zero attached hydrogens (tertiary/aromatic N) is 1. The number of benzene rings is 1. The van der Waals surface area contributed by atoms with Crippen molar-refractivity contribution in [1.29, 1.82) is 0 Å². The predicted molar refractivity (Wildman–Crippen MR) is 87.7 cm³/mol. The first-order chi connectivity index (χ1) is 9.65. The minimum absolute atomic E-state index is 0.128. The van der Waals surface area contributed by atoms with Gasteiger partial charge in [0.1, 0.15) is 0 Å². The number of carbonyl (C=O) groups is 1. The van der Waals surface area contributed by atoms with E-state index in [0.29, 0.717) is 6.04 Å². The Balaban J connectivity index is 1.98. The minimum Gasteiger partial charge on any atom is -0.364 e. The van der Waals surface area contributed by atoms with Crippen LogP contribution in [0.25, 0.3) is 0 Å². The van der Waals surface area contributed by atoms with Crippen molar-refractivity contribution < 1.29 is 4.79 Å². The van der Waals surface area contributed by atoms with E-state index >= 15 is 0 Å². The lowest BCUT2D eigenvalue weighted by molar-refractivity contribution is 0.101. The molecular weight excluding hydrogens is 334 g/mol. The molecule has 0 N–H and O–H groups in total. The Morgan fingerprint density at radius 2 is 2.20 bits per heavy atom. The molecule has 4 heteroatoms. The van der Waals surface area contributed by atoms with Gasteiger partial charge < -0.3 is 4.90 Å². The molecule has 1 aromatic heterocycles. The Labute approximate surface area is 131 Å². The van der Waals surface area contributed by atoms with Crippen LogP contribution >= 0.6 is 27.3 Å². The normalized spacial score (nSPS) is 14.3. The van der Waals surface area contributed by atoms with E-state index in [4.69, 9.17) is 0 Å². The summed E-state index contributed by atoms with van der Waals surface area (Å²) in [7, 11) is 0. The van der Waals surface area contributed by atoms with Gasteiger partial charge in [-0.15, -0.1) is 0 Å². The van der Waals surface area contributed by atoms with Gasteiger partial charge in [0.15, 0.2) is 5.78 Å². The lowest BCUT2D eigenvalue weighted by atomic mass is 10.1. The molecule has 1 aliphatic rings. The molecule has 0 unspecified atom stereocenters. The number of halogens is 1. The van der Waals surface area contributed by atoms with E-state index in [-0.39, 0.29) is 5.78 Å². The van der Waals surface area contributed by atoms with E-state index in [1.165, 1.54) is 18.4 Å². The Morgan fingerprint density at radius 3 is 2.80 bits per heavy atom. The maximum atomic E-state index is 11.9. The van der Waals surface area contributed by atoms with Crippen molar-refractivity contribution >= 4 is 38.7 Å². The van der Waals surface area contributed by atoms with Crippen LogP contribution in [-0.2, 0) is 6.54 Å². The fourth-order valence-corrected chi connectivity index (χ4v) is 3.43. The molecule has 0 saturated heterocycles. The van der Waals surface area contributed by atoms with Crippen molar-refractivity contribution in [2.24, 2.45) is 0 Å². The lowest BCUT2D eigenvalue weighted by Crippen LogP contribution is -2.26. The van der Waals surface area contributed by atoms with Crippen molar-refractivity contribution in [2.75, 3.05) is 4.90 Å². The molecule has 1 heterocycles. The van der Waals surface area contributed by atoms with Gasteiger partial charge in [-0.3, -0.25) is 4.79 Å². The first-order valence-electron chi connectivity index (χ1n) is 6.73. The fraction of sp³-hybridized carbons (Fsp3) is 0.312. The monoisotopic (exact) mass is 349 g/mol. The SMILES string of the molecule is CC(=O)c1ccc(Br)cc1N(Cc1ccsc1)C1CC1. The molecule has 1 aliphatic carbocycles. The van der Waals surface area contributed by atoms with Gasteiger partial charge in [-0.05, 0) is 60.4 Å². The third kappa shape index (κ3) is 2.96. The highest BCUT2D eigenvalue weighted by atomic mass is 79.9. The van der Waals surface area contributed by atoms with Gasteiger partial charge in [-0.2, -0.15) is 11.3 Å². The Morgan fingerprint density at radius 1 is 1.40 bits per heavy atom. The van der Waals surface area contributed by atoms with Gasteiger partial charge in [-0.1, -0.05) is 15.9 Å². The highest BCUT2D eigenvalue weighted by Gasteiger charge is 2.31. The average Bonchev–Trinajstić information content (AvgIpc) is 3.12. The number of hydrogen-bond donors (Lipinski definition) is 0. The number of carbonyl (C=O) groups excluding carboxylic acids is 1. The zero-order valence-electron chi connectivity index (χ0n) is 11.3. The zero-order valence-corrected chi connectivity index (χ0v) is 13.7. The topological polar surface area (TPSA) is 20.3 Å². The van der Waals surface area contributed by atoms with E-state index in [1.807, 2.05) is 12.1 Å². The summed E-state index contributed by atoms with van der Waals surface area (Å²) < 4.78 is 1.02. The summed E-state index contributed by atoms with van der Waals surface area (Å²) in [4.78, 5) is 14.3. The van der Waals surface area contributed by atoms with E-state index in [1.54, 1.807) is 18.3 Å². The molecular formula is C16H16BrNOS. The third-order valence-corrected chi connectivity index (χ3v) is 4.79. The molecule has 1 aromatic carbocycles. The highest BCUT2D eigenvalue weighted by Crippen LogP contribution is 2.36. The van der Waals surface area contributed by atoms with Gasteiger partial charge in [0, 0.05) is 28.3 Å². The first kappa shape index (κ1) is 13.8. The molecule has 0 amide bonds. The zero-order chi connectivity index (χ0) is 14.1. The Hall–Kier alpha value is -1.13. The standard InChI is InChI=1S/C16H16BrNOS/c1-11(19)15-5-2-13(17)8-16(15)18(14-3-4-14)9-12-6-7-20-10-12/h2,5-8,10,14H,3-4,9H2,1H3. The second-order valence-electron chi connectivity index (χ2n) is 5.21. The Bertz CT molecular complexity index is 619. The van der Waals surface area contributed by atoms with Crippen LogP contribution in [-0.4, -0.2) is 11.8 Å². The lowest BCUT2D eigenvalue weighted by Gasteiger charge is -2.26. The number of ketones is 1. The Kier molecular flexibility index (Phi) is 3.94. The van der Waals surface area contributed by atoms with Gasteiger partial charge in [0.05, 0.1) is 0 Å². The molecule has 0 bridgehead atoms. The molecule has 0 atom stereocenters. The quantitative estimate of drug-likeness (QED) is 0.716. The van der Waals surface area contributed by atoms with Crippen molar-refractivity contribution in [3.8, 4) is 0 Å². The van der Waals surface area contributed by atoms with Crippen LogP contribution < -0.4 is 4.90 Å². The molecule has 1 fully saturated rings. The van der Waals surface area contributed by atoms with Crippen LogP contribution in [0.15, 0.2) is 39.5 Å². The van der Waals surface area contributed by atoms with E-state index < -0.39 is 0 Å². The molecule has 3 rings (SSSR count). The minimum atomic E-state index is 0.128. The van der Waals surface area contributed by atoms with Crippen molar-refractivity contribution in [1.82, 2.24) is 0 Å². The fourth-order valence-electron chi connectivity index (χ4n) is 2.42. The molecule has 2 aromatic rings. The number of hydrogen-bond acceptors (Lipinski definition) is 3. The third-order valence-electron chi connectivity index (χ3n) is 3.57. The maximum Gasteiger partial charge on any atom is 0.161 e. The van der Waals surface area contributed by atoms with Gasteiger partial charge in [0.25, 0.3) is 0 Å². The molecule has 104 valence electrons. The second kappa shape index (κ2) is 5.70. The summed E-state index contributed by atoms with van der Waals surface area (Å²) in [6, 6.07) is 8.66. The number of rotatable bonds is 5. The summed E-state index contributed by atoms with van der Waals surface area (Å²) in [5, 5.41) is 4.29. The maximum absolute atomic E-state index is 11.9. The van der Waals surface area contributed by atoms with E-state index in [9.17, 15) is 4.79 Å². The van der Waals surface area contributed by atoms with Crippen molar-refractivity contribution in [3.63, 3.8) is 0 Å². The number of thiophene rings is 1. The second-order valence-corrected chi connectivity index (χ2v) is 6.90. The van der Waals surface area contributed by atoms with Crippen LogP contribution in [0.1, 0.15) is 35.7 Å². The molecule has 1 saturated carbocycles. The van der Waals surface area contributed by atoms with Crippen LogP contribution in [0.2, 0.25) is 0 Å². The van der Waals surface area contributed by atoms with Crippen LogP contribution in [0.5, 0.6) is 0 Å². The molecule has 0 spiro atoms. The average molecular weight is 350 g/mol. The summed E-state index contributed by atoms with van der Waals surface area (Å²) in [6.45, 7) is 2.52. The molecule has 20 heavy (non-hydrogen) atoms. The van der Waals surface area contributed by atoms with Crippen LogP contribution in [0, 0.1) is 0 Å². The predicted octanol–water partition coefficient (Wildman–Crippen LogP) is 4.88. The first-order valence-corrected chi connectivity index (χ1v) is 8.47. The summed E-state index contributed by atoms with van der Waals surface area (Å²) in [5.41, 5.74) is 3.19. The van der Waals surface area contributed by atoms with Gasteiger partial charge in [0.2, 0.25) is 0 Å². The smallest absolute Gasteiger partial charge is 0.161 e. The van der Waals surface area contributed by atoms with E-state index in [2.05, 4.69) is 43.7 Å². The highest BCUT2D eigenvalue weighted by molar-refractivity contribution is 9.10. The number of anilines is 1. The summed E-state index contributed by atoms with van der Waals surface area (Å²) in [5.74, 6) is 0.128. The van der Waals surface area contributed by atoms with Crippen LogP contribution in [0.4, 0.5) is 5.69 Å². The van der Waals surface area contributed by atoms with Crippen molar-refractivity contribution in [3.05, 3.63) is 50.6 Å².